The van der Waals surface area contributed by atoms with Gasteiger partial charge in [-0.05, 0) is 42.0 Å². The first-order valence-corrected chi connectivity index (χ1v) is 7.65. The molecule has 2 aromatic rings. The molecule has 1 saturated heterocycles. The normalized spacial score (nSPS) is 20.2. The van der Waals surface area contributed by atoms with E-state index in [1.54, 1.807) is 24.5 Å². The highest BCUT2D eigenvalue weighted by atomic mass is 16.3. The average Bonchev–Trinajstić information content (AvgIpc) is 2.99. The first kappa shape index (κ1) is 15.5. The van der Waals surface area contributed by atoms with E-state index in [2.05, 4.69) is 20.9 Å². The van der Waals surface area contributed by atoms with Gasteiger partial charge in [0.15, 0.2) is 0 Å². The van der Waals surface area contributed by atoms with Gasteiger partial charge in [-0.2, -0.15) is 0 Å². The lowest BCUT2D eigenvalue weighted by molar-refractivity contribution is 0.0888. The fraction of sp³-hybridized carbons (Fsp3) is 0.294. The van der Waals surface area contributed by atoms with Crippen molar-refractivity contribution in [1.82, 2.24) is 15.6 Å². The van der Waals surface area contributed by atoms with Gasteiger partial charge in [-0.25, -0.2) is 0 Å². The van der Waals surface area contributed by atoms with E-state index in [4.69, 9.17) is 0 Å². The van der Waals surface area contributed by atoms with E-state index in [1.807, 2.05) is 24.3 Å². The summed E-state index contributed by atoms with van der Waals surface area (Å²) >= 11 is 0. The molecule has 0 aliphatic carbocycles. The third-order valence-electron chi connectivity index (χ3n) is 3.89. The molecule has 2 atom stereocenters. The number of carbonyl (C=O) groups is 1. The molecule has 4 N–H and O–H groups in total. The minimum Gasteiger partial charge on any atom is -0.390 e. The first-order valence-electron chi connectivity index (χ1n) is 7.65. The molecule has 1 fully saturated rings. The Morgan fingerprint density at radius 3 is 2.57 bits per heavy atom. The number of rotatable bonds is 5. The maximum atomic E-state index is 12.2. The number of β-amino-alcohol motifs (C(OH)–C–C–N with tert-alkyl or cyclic N) is 1. The molecule has 0 saturated carbocycles. The van der Waals surface area contributed by atoms with Crippen LogP contribution in [0, 0.1) is 0 Å². The van der Waals surface area contributed by atoms with E-state index in [-0.39, 0.29) is 11.9 Å². The molecule has 3 rings (SSSR count). The lowest BCUT2D eigenvalue weighted by Gasteiger charge is -2.15. The van der Waals surface area contributed by atoms with Crippen LogP contribution in [0.2, 0.25) is 0 Å². The zero-order valence-corrected chi connectivity index (χ0v) is 12.7. The molecule has 6 heteroatoms. The minimum absolute atomic E-state index is 0.168. The van der Waals surface area contributed by atoms with E-state index in [0.717, 1.165) is 11.3 Å². The van der Waals surface area contributed by atoms with Gasteiger partial charge in [0.25, 0.3) is 5.91 Å². The van der Waals surface area contributed by atoms with E-state index >= 15 is 0 Å². The largest absolute Gasteiger partial charge is 0.390 e. The predicted octanol–water partition coefficient (Wildman–Crippen LogP) is 0.756. The van der Waals surface area contributed by atoms with Gasteiger partial charge in [0.2, 0.25) is 0 Å². The van der Waals surface area contributed by atoms with Gasteiger partial charge in [-0.1, -0.05) is 0 Å². The topological polar surface area (TPSA) is 86.3 Å². The lowest BCUT2D eigenvalue weighted by atomic mass is 10.1. The zero-order valence-electron chi connectivity index (χ0n) is 12.7. The van der Waals surface area contributed by atoms with E-state index in [9.17, 15) is 9.90 Å². The first-order chi connectivity index (χ1) is 11.2. The summed E-state index contributed by atoms with van der Waals surface area (Å²) in [5.41, 5.74) is 2.67. The summed E-state index contributed by atoms with van der Waals surface area (Å²) in [6.45, 7) is 1.81. The number of hydrogen-bond donors (Lipinski definition) is 4. The summed E-state index contributed by atoms with van der Waals surface area (Å²) < 4.78 is 0. The number of aromatic nitrogens is 1. The highest BCUT2D eigenvalue weighted by molar-refractivity contribution is 5.94. The summed E-state index contributed by atoms with van der Waals surface area (Å²) in [5, 5.41) is 18.9. The maximum Gasteiger partial charge on any atom is 0.251 e. The molecule has 0 unspecified atom stereocenters. The van der Waals surface area contributed by atoms with E-state index in [1.165, 1.54) is 0 Å². The Labute approximate surface area is 134 Å². The van der Waals surface area contributed by atoms with Gasteiger partial charge in [0, 0.05) is 43.3 Å². The Morgan fingerprint density at radius 2 is 1.91 bits per heavy atom. The minimum atomic E-state index is -0.528. The second-order valence-electron chi connectivity index (χ2n) is 5.59. The van der Waals surface area contributed by atoms with Crippen LogP contribution >= 0.6 is 0 Å². The van der Waals surface area contributed by atoms with Crippen LogP contribution in [-0.2, 0) is 6.54 Å². The Morgan fingerprint density at radius 1 is 1.17 bits per heavy atom. The van der Waals surface area contributed by atoms with Crippen LogP contribution in [-0.4, -0.2) is 41.2 Å². The summed E-state index contributed by atoms with van der Waals surface area (Å²) in [6.07, 6.45) is 2.99. The fourth-order valence-corrected chi connectivity index (χ4v) is 2.51. The van der Waals surface area contributed by atoms with Gasteiger partial charge in [-0.15, -0.1) is 0 Å². The quantitative estimate of drug-likeness (QED) is 0.655. The molecule has 1 aromatic carbocycles. The number of nitrogens with zero attached hydrogens (tertiary/aromatic N) is 1. The monoisotopic (exact) mass is 312 g/mol. The fourth-order valence-electron chi connectivity index (χ4n) is 2.51. The molecule has 6 nitrogen and oxygen atoms in total. The van der Waals surface area contributed by atoms with Gasteiger partial charge in [-0.3, -0.25) is 9.78 Å². The molecular formula is C17H20N4O2. The molecule has 0 spiro atoms. The molecule has 1 aromatic heterocycles. The van der Waals surface area contributed by atoms with Crippen LogP contribution in [0.25, 0.3) is 0 Å². The lowest BCUT2D eigenvalue weighted by Crippen LogP contribution is -2.42. The van der Waals surface area contributed by atoms with Crippen molar-refractivity contribution in [3.05, 3.63) is 59.9 Å². The third kappa shape index (κ3) is 4.06. The van der Waals surface area contributed by atoms with E-state index < -0.39 is 6.10 Å². The molecule has 1 amide bonds. The predicted molar refractivity (Wildman–Crippen MR) is 88.1 cm³/mol. The highest BCUT2D eigenvalue weighted by Crippen LogP contribution is 2.12. The second kappa shape index (κ2) is 7.21. The van der Waals surface area contributed by atoms with Crippen molar-refractivity contribution in [1.29, 1.82) is 0 Å². The van der Waals surface area contributed by atoms with Crippen molar-refractivity contribution in [2.45, 2.75) is 18.7 Å². The van der Waals surface area contributed by atoms with Crippen molar-refractivity contribution in [3.63, 3.8) is 0 Å². The average molecular weight is 312 g/mol. The van der Waals surface area contributed by atoms with Crippen LogP contribution in [0.4, 0.5) is 5.69 Å². The van der Waals surface area contributed by atoms with E-state index in [0.29, 0.717) is 25.2 Å². The van der Waals surface area contributed by atoms with Crippen LogP contribution in [0.15, 0.2) is 48.8 Å². The van der Waals surface area contributed by atoms with Crippen LogP contribution in [0.5, 0.6) is 0 Å². The Bertz CT molecular complexity index is 645. The number of amides is 1. The third-order valence-corrected chi connectivity index (χ3v) is 3.89. The number of nitrogens with one attached hydrogen (secondary N) is 3. The Balaban J connectivity index is 1.55. The highest BCUT2D eigenvalue weighted by Gasteiger charge is 2.26. The number of pyridine rings is 1. The molecule has 1 aliphatic rings. The van der Waals surface area contributed by atoms with Crippen molar-refractivity contribution in [2.75, 3.05) is 18.4 Å². The Kier molecular flexibility index (Phi) is 4.85. The number of carbonyl (C=O) groups excluding carboxylic acids is 1. The van der Waals surface area contributed by atoms with Gasteiger partial charge in [0.1, 0.15) is 0 Å². The summed E-state index contributed by atoms with van der Waals surface area (Å²) in [6, 6.07) is 11.0. The smallest absolute Gasteiger partial charge is 0.251 e. The summed E-state index contributed by atoms with van der Waals surface area (Å²) in [7, 11) is 0. The molecule has 1 aliphatic heterocycles. The second-order valence-corrected chi connectivity index (χ2v) is 5.59. The molecule has 2 heterocycles. The number of anilines is 1. The van der Waals surface area contributed by atoms with Gasteiger partial charge in [0.05, 0.1) is 12.1 Å². The number of aliphatic hydroxyl groups excluding tert-OH is 1. The molecule has 0 radical (unpaired) electrons. The van der Waals surface area contributed by atoms with Crippen molar-refractivity contribution >= 4 is 11.6 Å². The number of benzene rings is 1. The molecule has 120 valence electrons. The van der Waals surface area contributed by atoms with Crippen molar-refractivity contribution < 1.29 is 9.90 Å². The Hall–Kier alpha value is -2.44. The van der Waals surface area contributed by atoms with Gasteiger partial charge < -0.3 is 21.1 Å². The SMILES string of the molecule is O=C(N[C@@H]1CNC[C@H]1O)c1ccc(NCc2ccncc2)cc1. The molecule has 0 bridgehead atoms. The molecule has 23 heavy (non-hydrogen) atoms. The summed E-state index contributed by atoms with van der Waals surface area (Å²) in [5.74, 6) is -0.168. The summed E-state index contributed by atoms with van der Waals surface area (Å²) in [4.78, 5) is 16.1. The maximum absolute atomic E-state index is 12.2. The number of aliphatic hydroxyl groups is 1. The number of hydrogen-bond acceptors (Lipinski definition) is 5. The van der Waals surface area contributed by atoms with Crippen molar-refractivity contribution in [2.24, 2.45) is 0 Å². The standard InChI is InChI=1S/C17H20N4O2/c22-16-11-19-10-15(16)21-17(23)13-1-3-14(4-2-13)20-9-12-5-7-18-8-6-12/h1-8,15-16,19-20,22H,9-11H2,(H,21,23)/t15-,16-/m1/s1. The molecular weight excluding hydrogens is 292 g/mol. The van der Waals surface area contributed by atoms with Crippen LogP contribution in [0.3, 0.4) is 0 Å². The van der Waals surface area contributed by atoms with Crippen LogP contribution < -0.4 is 16.0 Å². The van der Waals surface area contributed by atoms with Gasteiger partial charge >= 0.3 is 0 Å². The zero-order chi connectivity index (χ0) is 16.1. The van der Waals surface area contributed by atoms with Crippen LogP contribution in [0.1, 0.15) is 15.9 Å². The van der Waals surface area contributed by atoms with Crippen molar-refractivity contribution in [3.8, 4) is 0 Å².